The fourth-order valence-electron chi connectivity index (χ4n) is 1.94. The Labute approximate surface area is 91.1 Å². The minimum atomic E-state index is -0.0657. The molecule has 1 saturated heterocycles. The molecule has 0 aliphatic carbocycles. The molecule has 0 radical (unpaired) electrons. The number of rotatable bonds is 6. The zero-order chi connectivity index (χ0) is 11.3. The third-order valence-corrected chi connectivity index (χ3v) is 2.81. The molecule has 0 aromatic heterocycles. The van der Waals surface area contributed by atoms with Gasteiger partial charge < -0.3 is 0 Å². The van der Waals surface area contributed by atoms with Crippen LogP contribution in [0.1, 0.15) is 39.0 Å². The highest BCUT2D eigenvalue weighted by Crippen LogP contribution is 2.24. The molecule has 3 heteroatoms. The second kappa shape index (κ2) is 5.69. The molecule has 1 aliphatic rings. The number of likely N-dealkylation sites (tertiary alicyclic amines) is 1. The van der Waals surface area contributed by atoms with Gasteiger partial charge in [0.05, 0.1) is 0 Å². The molecule has 3 nitrogen and oxygen atoms in total. The number of carbonyl (C=O) groups excluding carboxylic acids is 2. The highest BCUT2D eigenvalue weighted by molar-refractivity contribution is 6.03. The van der Waals surface area contributed by atoms with Crippen LogP contribution in [0.3, 0.4) is 0 Å². The second-order valence-electron chi connectivity index (χ2n) is 4.03. The summed E-state index contributed by atoms with van der Waals surface area (Å²) in [6.45, 7) is 6.04. The van der Waals surface area contributed by atoms with Gasteiger partial charge in [-0.05, 0) is 6.42 Å². The molecule has 15 heavy (non-hydrogen) atoms. The van der Waals surface area contributed by atoms with Crippen LogP contribution in [0.4, 0.5) is 0 Å². The van der Waals surface area contributed by atoms with E-state index in [0.717, 1.165) is 25.7 Å². The summed E-state index contributed by atoms with van der Waals surface area (Å²) < 4.78 is 0. The molecule has 1 aliphatic heterocycles. The number of hydrogen-bond donors (Lipinski definition) is 0. The molecule has 1 fully saturated rings. The first-order valence-electron chi connectivity index (χ1n) is 5.65. The number of imide groups is 1. The third kappa shape index (κ3) is 2.91. The van der Waals surface area contributed by atoms with Crippen LogP contribution in [0.2, 0.25) is 0 Å². The lowest BCUT2D eigenvalue weighted by Crippen LogP contribution is -2.30. The van der Waals surface area contributed by atoms with E-state index in [2.05, 4.69) is 13.5 Å². The molecule has 1 heterocycles. The molecule has 84 valence electrons. The average molecular weight is 209 g/mol. The van der Waals surface area contributed by atoms with Gasteiger partial charge in [-0.2, -0.15) is 0 Å². The topological polar surface area (TPSA) is 37.4 Å². The van der Waals surface area contributed by atoms with E-state index in [1.54, 1.807) is 6.08 Å². The standard InChI is InChI=1S/C12H19NO2/c1-3-5-6-7-10-9-11(14)13(8-4-2)12(10)15/h4,10H,2-3,5-9H2,1H3. The second-order valence-corrected chi connectivity index (χ2v) is 4.03. The van der Waals surface area contributed by atoms with Gasteiger partial charge in [0.25, 0.3) is 0 Å². The number of nitrogens with zero attached hydrogens (tertiary/aromatic N) is 1. The van der Waals surface area contributed by atoms with Gasteiger partial charge in [0, 0.05) is 18.9 Å². The predicted octanol–water partition coefficient (Wildman–Crippen LogP) is 2.13. The molecule has 0 bridgehead atoms. The highest BCUT2D eigenvalue weighted by atomic mass is 16.2. The van der Waals surface area contributed by atoms with Crippen molar-refractivity contribution in [1.82, 2.24) is 4.90 Å². The van der Waals surface area contributed by atoms with Crippen molar-refractivity contribution in [1.29, 1.82) is 0 Å². The maximum atomic E-state index is 11.8. The normalized spacial score (nSPS) is 21.1. The van der Waals surface area contributed by atoms with E-state index in [9.17, 15) is 9.59 Å². The Hall–Kier alpha value is -1.12. The molecule has 2 amide bonds. The van der Waals surface area contributed by atoms with Crippen LogP contribution in [0.15, 0.2) is 12.7 Å². The van der Waals surface area contributed by atoms with Crippen molar-refractivity contribution in [2.75, 3.05) is 6.54 Å². The van der Waals surface area contributed by atoms with Gasteiger partial charge >= 0.3 is 0 Å². The van der Waals surface area contributed by atoms with Gasteiger partial charge in [-0.3, -0.25) is 14.5 Å². The van der Waals surface area contributed by atoms with Crippen molar-refractivity contribution >= 4 is 11.8 Å². The van der Waals surface area contributed by atoms with Gasteiger partial charge in [0.2, 0.25) is 11.8 Å². The summed E-state index contributed by atoms with van der Waals surface area (Å²) in [4.78, 5) is 24.6. The summed E-state index contributed by atoms with van der Waals surface area (Å²) in [5, 5.41) is 0. The summed E-state index contributed by atoms with van der Waals surface area (Å²) in [6.07, 6.45) is 6.18. The molecule has 0 aromatic rings. The van der Waals surface area contributed by atoms with E-state index >= 15 is 0 Å². The van der Waals surface area contributed by atoms with E-state index in [1.807, 2.05) is 0 Å². The molecule has 0 aromatic carbocycles. The first-order chi connectivity index (χ1) is 7.20. The lowest BCUT2D eigenvalue weighted by molar-refractivity contribution is -0.138. The maximum Gasteiger partial charge on any atom is 0.233 e. The SMILES string of the molecule is C=CCN1C(=O)CC(CCCCC)C1=O. The van der Waals surface area contributed by atoms with E-state index < -0.39 is 0 Å². The summed E-state index contributed by atoms with van der Waals surface area (Å²) in [7, 11) is 0. The Kier molecular flexibility index (Phi) is 4.53. The highest BCUT2D eigenvalue weighted by Gasteiger charge is 2.36. The van der Waals surface area contributed by atoms with Crippen LogP contribution in [0.25, 0.3) is 0 Å². The van der Waals surface area contributed by atoms with Crippen LogP contribution < -0.4 is 0 Å². The minimum absolute atomic E-state index is 0.00370. The fraction of sp³-hybridized carbons (Fsp3) is 0.667. The molecule has 1 unspecified atom stereocenters. The van der Waals surface area contributed by atoms with Crippen molar-refractivity contribution < 1.29 is 9.59 Å². The Morgan fingerprint density at radius 1 is 1.47 bits per heavy atom. The average Bonchev–Trinajstić information content (AvgIpc) is 2.47. The Balaban J connectivity index is 2.45. The first kappa shape index (κ1) is 12.0. The lowest BCUT2D eigenvalue weighted by Gasteiger charge is -2.11. The van der Waals surface area contributed by atoms with Gasteiger partial charge in [-0.1, -0.05) is 32.3 Å². The summed E-state index contributed by atoms with van der Waals surface area (Å²) >= 11 is 0. The largest absolute Gasteiger partial charge is 0.278 e. The fourth-order valence-corrected chi connectivity index (χ4v) is 1.94. The number of amides is 2. The van der Waals surface area contributed by atoms with Crippen molar-refractivity contribution in [2.24, 2.45) is 5.92 Å². The maximum absolute atomic E-state index is 11.8. The Morgan fingerprint density at radius 2 is 2.20 bits per heavy atom. The van der Waals surface area contributed by atoms with Crippen LogP contribution in [0, 0.1) is 5.92 Å². The van der Waals surface area contributed by atoms with Crippen molar-refractivity contribution in [2.45, 2.75) is 39.0 Å². The smallest absolute Gasteiger partial charge is 0.233 e. The summed E-state index contributed by atoms with van der Waals surface area (Å²) in [6, 6.07) is 0. The molecular weight excluding hydrogens is 190 g/mol. The van der Waals surface area contributed by atoms with E-state index in [4.69, 9.17) is 0 Å². The Morgan fingerprint density at radius 3 is 2.80 bits per heavy atom. The number of unbranched alkanes of at least 4 members (excludes halogenated alkanes) is 2. The van der Waals surface area contributed by atoms with Gasteiger partial charge in [0.15, 0.2) is 0 Å². The molecule has 0 saturated carbocycles. The monoisotopic (exact) mass is 209 g/mol. The van der Waals surface area contributed by atoms with Crippen LogP contribution in [-0.2, 0) is 9.59 Å². The van der Waals surface area contributed by atoms with E-state index in [1.165, 1.54) is 4.90 Å². The van der Waals surface area contributed by atoms with Crippen LogP contribution >= 0.6 is 0 Å². The summed E-state index contributed by atoms with van der Waals surface area (Å²) in [5.41, 5.74) is 0. The molecule has 1 rings (SSSR count). The first-order valence-corrected chi connectivity index (χ1v) is 5.65. The van der Waals surface area contributed by atoms with Gasteiger partial charge in [0.1, 0.15) is 0 Å². The minimum Gasteiger partial charge on any atom is -0.278 e. The number of hydrogen-bond acceptors (Lipinski definition) is 2. The van der Waals surface area contributed by atoms with Crippen molar-refractivity contribution in [3.8, 4) is 0 Å². The Bertz CT molecular complexity index is 260. The quantitative estimate of drug-likeness (QED) is 0.382. The third-order valence-electron chi connectivity index (χ3n) is 2.81. The molecule has 0 N–H and O–H groups in total. The zero-order valence-corrected chi connectivity index (χ0v) is 9.37. The molecule has 1 atom stereocenters. The zero-order valence-electron chi connectivity index (χ0n) is 9.37. The van der Waals surface area contributed by atoms with Crippen molar-refractivity contribution in [3.05, 3.63) is 12.7 Å². The van der Waals surface area contributed by atoms with E-state index in [0.29, 0.717) is 13.0 Å². The van der Waals surface area contributed by atoms with Crippen LogP contribution in [0.5, 0.6) is 0 Å². The number of carbonyl (C=O) groups is 2. The van der Waals surface area contributed by atoms with Gasteiger partial charge in [-0.25, -0.2) is 0 Å². The summed E-state index contributed by atoms with van der Waals surface area (Å²) in [5.74, 6) is -0.110. The predicted molar refractivity (Wildman–Crippen MR) is 59.2 cm³/mol. The lowest BCUT2D eigenvalue weighted by atomic mass is 10.00. The van der Waals surface area contributed by atoms with Crippen molar-refractivity contribution in [3.63, 3.8) is 0 Å². The van der Waals surface area contributed by atoms with Crippen LogP contribution in [-0.4, -0.2) is 23.3 Å². The molecular formula is C12H19NO2. The van der Waals surface area contributed by atoms with Gasteiger partial charge in [-0.15, -0.1) is 6.58 Å². The van der Waals surface area contributed by atoms with E-state index in [-0.39, 0.29) is 17.7 Å². The molecule has 0 spiro atoms.